The summed E-state index contributed by atoms with van der Waals surface area (Å²) in [5.74, 6) is -0.310. The fraction of sp³-hybridized carbons (Fsp3) is 0.368. The summed E-state index contributed by atoms with van der Waals surface area (Å²) in [7, 11) is 0. The molecule has 4 nitrogen and oxygen atoms in total. The third-order valence-electron chi connectivity index (χ3n) is 4.06. The van der Waals surface area contributed by atoms with Crippen molar-refractivity contribution in [2.75, 3.05) is 5.32 Å². The van der Waals surface area contributed by atoms with E-state index in [1.54, 1.807) is 12.3 Å². The molecule has 0 atom stereocenters. The number of carbonyl (C=O) groups excluding carboxylic acids is 1. The molecule has 1 amide bonds. The molecule has 1 heterocycles. The third kappa shape index (κ3) is 6.06. The highest BCUT2D eigenvalue weighted by molar-refractivity contribution is 6.04. The average molecular weight is 366 g/mol. The van der Waals surface area contributed by atoms with Crippen LogP contribution in [0.3, 0.4) is 0 Å². The minimum atomic E-state index is -4.78. The second kappa shape index (κ2) is 8.69. The van der Waals surface area contributed by atoms with Crippen LogP contribution in [0.4, 0.5) is 18.9 Å². The Morgan fingerprint density at radius 1 is 1.19 bits per heavy atom. The molecule has 2 aromatic rings. The molecule has 0 saturated carbocycles. The largest absolute Gasteiger partial charge is 0.573 e. The van der Waals surface area contributed by atoms with Crippen molar-refractivity contribution in [3.8, 4) is 5.75 Å². The van der Waals surface area contributed by atoms with E-state index in [9.17, 15) is 18.0 Å². The number of hydrogen-bond donors (Lipinski definition) is 1. The van der Waals surface area contributed by atoms with E-state index in [-0.39, 0.29) is 5.69 Å². The van der Waals surface area contributed by atoms with Crippen molar-refractivity contribution in [3.05, 3.63) is 53.9 Å². The third-order valence-corrected chi connectivity index (χ3v) is 4.06. The number of pyridine rings is 1. The number of ether oxygens (including phenoxy) is 1. The van der Waals surface area contributed by atoms with Gasteiger partial charge in [0, 0.05) is 24.1 Å². The Morgan fingerprint density at radius 3 is 2.58 bits per heavy atom. The number of rotatable bonds is 7. The molecule has 0 bridgehead atoms. The Labute approximate surface area is 150 Å². The lowest BCUT2D eigenvalue weighted by molar-refractivity contribution is -0.274. The van der Waals surface area contributed by atoms with Crippen LogP contribution >= 0.6 is 0 Å². The lowest BCUT2D eigenvalue weighted by Crippen LogP contribution is -2.17. The standard InChI is InChI=1S/C19H21F3N2O2/c1-3-13(4-2)8-14-9-15(12-23-11-14)18(25)24-16-6-5-7-17(10-16)26-19(20,21)22/h5-7,9-13H,3-4,8H2,1-2H3,(H,24,25). The molecule has 0 fully saturated rings. The molecule has 7 heteroatoms. The van der Waals surface area contributed by atoms with Gasteiger partial charge in [-0.15, -0.1) is 13.2 Å². The summed E-state index contributed by atoms with van der Waals surface area (Å²) in [6.45, 7) is 4.24. The summed E-state index contributed by atoms with van der Waals surface area (Å²) in [6, 6.07) is 6.91. The summed E-state index contributed by atoms with van der Waals surface area (Å²) in [5.41, 5.74) is 1.53. The van der Waals surface area contributed by atoms with Gasteiger partial charge in [0.2, 0.25) is 0 Å². The number of alkyl halides is 3. The topological polar surface area (TPSA) is 51.2 Å². The van der Waals surface area contributed by atoms with Gasteiger partial charge in [0.25, 0.3) is 5.91 Å². The molecule has 0 aliphatic carbocycles. The van der Waals surface area contributed by atoms with E-state index in [0.29, 0.717) is 11.5 Å². The fourth-order valence-electron chi connectivity index (χ4n) is 2.61. The first kappa shape index (κ1) is 19.8. The van der Waals surface area contributed by atoms with Gasteiger partial charge in [-0.3, -0.25) is 9.78 Å². The molecule has 1 aromatic carbocycles. The number of nitrogens with zero attached hydrogens (tertiary/aromatic N) is 1. The summed E-state index contributed by atoms with van der Waals surface area (Å²) >= 11 is 0. The molecule has 26 heavy (non-hydrogen) atoms. The van der Waals surface area contributed by atoms with Crippen molar-refractivity contribution in [3.63, 3.8) is 0 Å². The summed E-state index contributed by atoms with van der Waals surface area (Å²) in [4.78, 5) is 16.5. The average Bonchev–Trinajstić information content (AvgIpc) is 2.58. The molecule has 1 N–H and O–H groups in total. The van der Waals surface area contributed by atoms with E-state index in [1.165, 1.54) is 24.4 Å². The van der Waals surface area contributed by atoms with Crippen LogP contribution in [0.25, 0.3) is 0 Å². The molecular weight excluding hydrogens is 345 g/mol. The van der Waals surface area contributed by atoms with Crippen LogP contribution in [0.15, 0.2) is 42.7 Å². The van der Waals surface area contributed by atoms with E-state index in [4.69, 9.17) is 0 Å². The Kier molecular flexibility index (Phi) is 6.60. The van der Waals surface area contributed by atoms with Crippen LogP contribution in [0.2, 0.25) is 0 Å². The summed E-state index contributed by atoms with van der Waals surface area (Å²) < 4.78 is 40.7. The number of anilines is 1. The summed E-state index contributed by atoms with van der Waals surface area (Å²) in [6.07, 6.45) is 1.29. The van der Waals surface area contributed by atoms with Crippen LogP contribution in [-0.4, -0.2) is 17.3 Å². The van der Waals surface area contributed by atoms with E-state index >= 15 is 0 Å². The van der Waals surface area contributed by atoms with Gasteiger partial charge >= 0.3 is 6.36 Å². The molecule has 0 spiro atoms. The zero-order valence-corrected chi connectivity index (χ0v) is 14.6. The first-order valence-electron chi connectivity index (χ1n) is 8.41. The molecular formula is C19H21F3N2O2. The van der Waals surface area contributed by atoms with Crippen molar-refractivity contribution in [1.29, 1.82) is 0 Å². The second-order valence-electron chi connectivity index (χ2n) is 6.00. The van der Waals surface area contributed by atoms with E-state index in [2.05, 4.69) is 28.9 Å². The molecule has 0 aliphatic rings. The van der Waals surface area contributed by atoms with Crippen molar-refractivity contribution in [2.24, 2.45) is 5.92 Å². The van der Waals surface area contributed by atoms with Crippen molar-refractivity contribution >= 4 is 11.6 Å². The molecule has 0 saturated heterocycles. The smallest absolute Gasteiger partial charge is 0.406 e. The van der Waals surface area contributed by atoms with E-state index in [1.807, 2.05) is 0 Å². The molecule has 140 valence electrons. The van der Waals surface area contributed by atoms with Gasteiger partial charge in [0.1, 0.15) is 5.75 Å². The van der Waals surface area contributed by atoms with Gasteiger partial charge in [-0.2, -0.15) is 0 Å². The summed E-state index contributed by atoms with van der Waals surface area (Å²) in [5, 5.41) is 2.57. The monoisotopic (exact) mass is 366 g/mol. The number of nitrogens with one attached hydrogen (secondary N) is 1. The van der Waals surface area contributed by atoms with E-state index in [0.717, 1.165) is 30.9 Å². The Bertz CT molecular complexity index is 744. The van der Waals surface area contributed by atoms with Gasteiger partial charge in [-0.1, -0.05) is 32.8 Å². The van der Waals surface area contributed by atoms with E-state index < -0.39 is 18.0 Å². The number of aromatic nitrogens is 1. The Morgan fingerprint density at radius 2 is 1.92 bits per heavy atom. The van der Waals surface area contributed by atoms with Crippen LogP contribution in [-0.2, 0) is 6.42 Å². The minimum Gasteiger partial charge on any atom is -0.406 e. The van der Waals surface area contributed by atoms with Gasteiger partial charge < -0.3 is 10.1 Å². The minimum absolute atomic E-state index is 0.210. The maximum atomic E-state index is 12.4. The zero-order chi connectivity index (χ0) is 19.2. The second-order valence-corrected chi connectivity index (χ2v) is 6.00. The Balaban J connectivity index is 2.09. The number of amides is 1. The highest BCUT2D eigenvalue weighted by Gasteiger charge is 2.31. The number of benzene rings is 1. The van der Waals surface area contributed by atoms with Gasteiger partial charge in [0.05, 0.1) is 5.56 Å². The number of halogens is 3. The molecule has 1 aromatic heterocycles. The SMILES string of the molecule is CCC(CC)Cc1cncc(C(=O)Nc2cccc(OC(F)(F)F)c2)c1. The normalized spacial score (nSPS) is 11.5. The Hall–Kier alpha value is -2.57. The maximum absolute atomic E-state index is 12.4. The van der Waals surface area contributed by atoms with Gasteiger partial charge in [-0.05, 0) is 36.1 Å². The van der Waals surface area contributed by atoms with Crippen LogP contribution in [0.1, 0.15) is 42.6 Å². The zero-order valence-electron chi connectivity index (χ0n) is 14.6. The molecule has 0 unspecified atom stereocenters. The first-order valence-corrected chi connectivity index (χ1v) is 8.41. The van der Waals surface area contributed by atoms with Gasteiger partial charge in [0.15, 0.2) is 0 Å². The van der Waals surface area contributed by atoms with Crippen LogP contribution in [0, 0.1) is 5.92 Å². The quantitative estimate of drug-likeness (QED) is 0.732. The highest BCUT2D eigenvalue weighted by Crippen LogP contribution is 2.25. The molecule has 2 rings (SSSR count). The molecule has 0 aliphatic heterocycles. The lowest BCUT2D eigenvalue weighted by atomic mass is 9.95. The van der Waals surface area contributed by atoms with Gasteiger partial charge in [-0.25, -0.2) is 0 Å². The van der Waals surface area contributed by atoms with Crippen LogP contribution < -0.4 is 10.1 Å². The van der Waals surface area contributed by atoms with Crippen molar-refractivity contribution < 1.29 is 22.7 Å². The lowest BCUT2D eigenvalue weighted by Gasteiger charge is -2.13. The number of hydrogen-bond acceptors (Lipinski definition) is 3. The maximum Gasteiger partial charge on any atom is 0.573 e. The molecule has 0 radical (unpaired) electrons. The fourth-order valence-corrected chi connectivity index (χ4v) is 2.61. The van der Waals surface area contributed by atoms with Crippen molar-refractivity contribution in [2.45, 2.75) is 39.5 Å². The van der Waals surface area contributed by atoms with Crippen molar-refractivity contribution in [1.82, 2.24) is 4.98 Å². The predicted molar refractivity (Wildman–Crippen MR) is 93.1 cm³/mol. The predicted octanol–water partition coefficient (Wildman–Crippen LogP) is 5.21. The van der Waals surface area contributed by atoms with Crippen LogP contribution in [0.5, 0.6) is 5.75 Å². The first-order chi connectivity index (χ1) is 12.3. The number of carbonyl (C=O) groups is 1. The highest BCUT2D eigenvalue weighted by atomic mass is 19.4.